The molecule has 0 amide bonds. The van der Waals surface area contributed by atoms with E-state index in [1.165, 1.54) is 6.42 Å². The van der Waals surface area contributed by atoms with Crippen LogP contribution < -0.4 is 10.1 Å². The molecular formula is C11H12BrCl2NO. The van der Waals surface area contributed by atoms with Gasteiger partial charge in [0.1, 0.15) is 12.4 Å². The molecule has 2 nitrogen and oxygen atoms in total. The van der Waals surface area contributed by atoms with Gasteiger partial charge in [0.2, 0.25) is 0 Å². The first-order chi connectivity index (χ1) is 7.66. The third kappa shape index (κ3) is 3.04. The summed E-state index contributed by atoms with van der Waals surface area (Å²) in [7, 11) is 0. The molecule has 0 aromatic heterocycles. The van der Waals surface area contributed by atoms with Crippen molar-refractivity contribution in [3.63, 3.8) is 0 Å². The summed E-state index contributed by atoms with van der Waals surface area (Å²) in [5.74, 6) is 0.642. The first kappa shape index (κ1) is 12.5. The molecule has 0 radical (unpaired) electrons. The van der Waals surface area contributed by atoms with Crippen LogP contribution in [-0.4, -0.2) is 19.2 Å². The molecule has 1 unspecified atom stereocenters. The Morgan fingerprint density at radius 2 is 2.19 bits per heavy atom. The van der Waals surface area contributed by atoms with Crippen molar-refractivity contribution in [2.45, 2.75) is 18.9 Å². The molecule has 1 saturated heterocycles. The zero-order chi connectivity index (χ0) is 11.5. The number of hydrogen-bond donors (Lipinski definition) is 1. The smallest absolute Gasteiger partial charge is 0.139 e. The van der Waals surface area contributed by atoms with E-state index in [0.717, 1.165) is 17.4 Å². The van der Waals surface area contributed by atoms with Crippen LogP contribution in [0.25, 0.3) is 0 Å². The molecule has 2 rings (SSSR count). The minimum Gasteiger partial charge on any atom is -0.490 e. The van der Waals surface area contributed by atoms with Crippen LogP contribution in [0.3, 0.4) is 0 Å². The molecule has 0 bridgehead atoms. The standard InChI is InChI=1S/C11H12BrCl2NO/c12-8-4-10(14)11(5-9(8)13)16-6-7-2-1-3-15-7/h4-5,7,15H,1-3,6H2. The predicted octanol–water partition coefficient (Wildman–Crippen LogP) is 3.89. The quantitative estimate of drug-likeness (QED) is 0.852. The van der Waals surface area contributed by atoms with E-state index in [0.29, 0.717) is 28.4 Å². The first-order valence-electron chi connectivity index (χ1n) is 5.17. The van der Waals surface area contributed by atoms with E-state index in [1.54, 1.807) is 12.1 Å². The molecule has 88 valence electrons. The van der Waals surface area contributed by atoms with E-state index in [4.69, 9.17) is 27.9 Å². The van der Waals surface area contributed by atoms with Crippen LogP contribution in [0.1, 0.15) is 12.8 Å². The number of halogens is 3. The van der Waals surface area contributed by atoms with Crippen LogP contribution in [-0.2, 0) is 0 Å². The van der Waals surface area contributed by atoms with Crippen molar-refractivity contribution < 1.29 is 4.74 Å². The number of nitrogens with one attached hydrogen (secondary N) is 1. The second kappa shape index (κ2) is 5.58. The fraction of sp³-hybridized carbons (Fsp3) is 0.455. The van der Waals surface area contributed by atoms with Crippen LogP contribution in [0.5, 0.6) is 5.75 Å². The third-order valence-corrected chi connectivity index (χ3v) is 4.07. The van der Waals surface area contributed by atoms with Gasteiger partial charge in [0.05, 0.1) is 10.0 Å². The maximum Gasteiger partial charge on any atom is 0.139 e. The van der Waals surface area contributed by atoms with Gasteiger partial charge in [-0.25, -0.2) is 0 Å². The summed E-state index contributed by atoms with van der Waals surface area (Å²) in [6.45, 7) is 1.71. The Morgan fingerprint density at radius 1 is 1.38 bits per heavy atom. The molecule has 5 heteroatoms. The lowest BCUT2D eigenvalue weighted by atomic mass is 10.2. The Labute approximate surface area is 113 Å². The van der Waals surface area contributed by atoms with E-state index in [-0.39, 0.29) is 0 Å². The molecular weight excluding hydrogens is 313 g/mol. The van der Waals surface area contributed by atoms with Gasteiger partial charge in [0.25, 0.3) is 0 Å². The van der Waals surface area contributed by atoms with E-state index < -0.39 is 0 Å². The maximum atomic E-state index is 6.05. The highest BCUT2D eigenvalue weighted by Crippen LogP contribution is 2.34. The summed E-state index contributed by atoms with van der Waals surface area (Å²) in [6, 6.07) is 3.92. The second-order valence-corrected chi connectivity index (χ2v) is 5.47. The molecule has 1 aliphatic heterocycles. The highest BCUT2D eigenvalue weighted by Gasteiger charge is 2.15. The highest BCUT2D eigenvalue weighted by atomic mass is 79.9. The lowest BCUT2D eigenvalue weighted by Gasteiger charge is -2.13. The van der Waals surface area contributed by atoms with E-state index in [9.17, 15) is 0 Å². The first-order valence-corrected chi connectivity index (χ1v) is 6.72. The van der Waals surface area contributed by atoms with Gasteiger partial charge in [-0.1, -0.05) is 23.2 Å². The normalized spacial score (nSPS) is 20.1. The average Bonchev–Trinajstić information content (AvgIpc) is 2.74. The molecule has 16 heavy (non-hydrogen) atoms. The van der Waals surface area contributed by atoms with Crippen molar-refractivity contribution >= 4 is 39.1 Å². The molecule has 0 aliphatic carbocycles. The summed E-state index contributed by atoms with van der Waals surface area (Å²) in [4.78, 5) is 0. The molecule has 1 heterocycles. The van der Waals surface area contributed by atoms with Crippen molar-refractivity contribution in [2.24, 2.45) is 0 Å². The summed E-state index contributed by atoms with van der Waals surface area (Å²) < 4.78 is 6.44. The predicted molar refractivity (Wildman–Crippen MR) is 70.7 cm³/mol. The summed E-state index contributed by atoms with van der Waals surface area (Å²) in [6.07, 6.45) is 2.37. The summed E-state index contributed by atoms with van der Waals surface area (Å²) >= 11 is 15.3. The minimum atomic E-state index is 0.429. The van der Waals surface area contributed by atoms with Crippen LogP contribution >= 0.6 is 39.1 Å². The molecule has 1 atom stereocenters. The molecule has 1 aromatic carbocycles. The average molecular weight is 325 g/mol. The van der Waals surface area contributed by atoms with Crippen molar-refractivity contribution in [3.05, 3.63) is 26.7 Å². The SMILES string of the molecule is Clc1cc(OCC2CCCN2)c(Cl)cc1Br. The minimum absolute atomic E-state index is 0.429. The fourth-order valence-electron chi connectivity index (χ4n) is 1.70. The Hall–Kier alpha value is 0.0400. The van der Waals surface area contributed by atoms with Gasteiger partial charge < -0.3 is 10.1 Å². The van der Waals surface area contributed by atoms with Gasteiger partial charge >= 0.3 is 0 Å². The second-order valence-electron chi connectivity index (χ2n) is 3.80. The summed E-state index contributed by atoms with van der Waals surface area (Å²) in [5, 5.41) is 4.55. The van der Waals surface area contributed by atoms with Gasteiger partial charge in [-0.15, -0.1) is 0 Å². The molecule has 0 spiro atoms. The number of benzene rings is 1. The van der Waals surface area contributed by atoms with Crippen LogP contribution in [0, 0.1) is 0 Å². The lowest BCUT2D eigenvalue weighted by molar-refractivity contribution is 0.277. The van der Waals surface area contributed by atoms with Gasteiger partial charge in [0, 0.05) is 16.6 Å². The van der Waals surface area contributed by atoms with Crippen molar-refractivity contribution in [3.8, 4) is 5.75 Å². The fourth-order valence-corrected chi connectivity index (χ4v) is 2.55. The molecule has 0 saturated carbocycles. The molecule has 1 aliphatic rings. The highest BCUT2D eigenvalue weighted by molar-refractivity contribution is 9.10. The monoisotopic (exact) mass is 323 g/mol. The zero-order valence-corrected chi connectivity index (χ0v) is 11.7. The maximum absolute atomic E-state index is 6.05. The van der Waals surface area contributed by atoms with Crippen molar-refractivity contribution in [1.29, 1.82) is 0 Å². The number of ether oxygens (including phenoxy) is 1. The Morgan fingerprint density at radius 3 is 2.88 bits per heavy atom. The van der Waals surface area contributed by atoms with Gasteiger partial charge in [-0.2, -0.15) is 0 Å². The van der Waals surface area contributed by atoms with E-state index >= 15 is 0 Å². The van der Waals surface area contributed by atoms with Crippen molar-refractivity contribution in [1.82, 2.24) is 5.32 Å². The van der Waals surface area contributed by atoms with Crippen LogP contribution in [0.15, 0.2) is 16.6 Å². The topological polar surface area (TPSA) is 21.3 Å². The third-order valence-electron chi connectivity index (χ3n) is 2.58. The van der Waals surface area contributed by atoms with Crippen molar-refractivity contribution in [2.75, 3.05) is 13.2 Å². The Bertz CT molecular complexity index is 380. The van der Waals surface area contributed by atoms with Gasteiger partial charge in [0.15, 0.2) is 0 Å². The largest absolute Gasteiger partial charge is 0.490 e. The van der Waals surface area contributed by atoms with Gasteiger partial charge in [-0.3, -0.25) is 0 Å². The van der Waals surface area contributed by atoms with Crippen LogP contribution in [0.4, 0.5) is 0 Å². The van der Waals surface area contributed by atoms with Crippen LogP contribution in [0.2, 0.25) is 10.0 Å². The summed E-state index contributed by atoms with van der Waals surface area (Å²) in [5.41, 5.74) is 0. The number of rotatable bonds is 3. The Kier molecular flexibility index (Phi) is 4.36. The van der Waals surface area contributed by atoms with Gasteiger partial charge in [-0.05, 0) is 41.4 Å². The lowest BCUT2D eigenvalue weighted by Crippen LogP contribution is -2.28. The van der Waals surface area contributed by atoms with E-state index in [2.05, 4.69) is 21.2 Å². The Balaban J connectivity index is 2.00. The molecule has 1 N–H and O–H groups in total. The van der Waals surface area contributed by atoms with E-state index in [1.807, 2.05) is 0 Å². The molecule has 1 fully saturated rings. The molecule has 1 aromatic rings. The zero-order valence-electron chi connectivity index (χ0n) is 8.60. The number of hydrogen-bond acceptors (Lipinski definition) is 2.